The van der Waals surface area contributed by atoms with E-state index >= 15 is 0 Å². The predicted molar refractivity (Wildman–Crippen MR) is 127 cm³/mol. The van der Waals surface area contributed by atoms with Gasteiger partial charge in [0.25, 0.3) is 5.91 Å². The van der Waals surface area contributed by atoms with Crippen LogP contribution in [0.3, 0.4) is 0 Å². The molecule has 8 nitrogen and oxygen atoms in total. The third-order valence-corrected chi connectivity index (χ3v) is 7.13. The number of likely N-dealkylation sites (tertiary alicyclic amines) is 1. The molecule has 0 radical (unpaired) electrons. The Hall–Kier alpha value is -2.91. The van der Waals surface area contributed by atoms with Crippen LogP contribution in [0.15, 0.2) is 53.4 Å². The maximum absolute atomic E-state index is 12.3. The summed E-state index contributed by atoms with van der Waals surface area (Å²) in [6.07, 6.45) is 3.18. The monoisotopic (exact) mass is 473 g/mol. The molecule has 1 atom stereocenters. The smallest absolute Gasteiger partial charge is 0.262 e. The number of benzene rings is 2. The molecule has 0 bridgehead atoms. The van der Waals surface area contributed by atoms with E-state index in [4.69, 9.17) is 4.74 Å². The fraction of sp³-hybridized carbons (Fsp3) is 0.417. The number of carbonyl (C=O) groups is 2. The molecule has 2 amide bonds. The molecule has 2 N–H and O–H groups in total. The molecule has 2 aromatic rings. The number of hydrogen-bond donors (Lipinski definition) is 2. The van der Waals surface area contributed by atoms with Gasteiger partial charge in [0, 0.05) is 24.8 Å². The Morgan fingerprint density at radius 2 is 1.67 bits per heavy atom. The first kappa shape index (κ1) is 24.7. The minimum Gasteiger partial charge on any atom is -0.484 e. The topological polar surface area (TPSA) is 105 Å². The lowest BCUT2D eigenvalue weighted by molar-refractivity contribution is -0.129. The van der Waals surface area contributed by atoms with Gasteiger partial charge in [-0.15, -0.1) is 0 Å². The van der Waals surface area contributed by atoms with E-state index in [1.165, 1.54) is 24.3 Å². The van der Waals surface area contributed by atoms with Crippen LogP contribution < -0.4 is 14.8 Å². The largest absolute Gasteiger partial charge is 0.484 e. The molecule has 3 rings (SSSR count). The highest BCUT2D eigenvalue weighted by Crippen LogP contribution is 2.17. The van der Waals surface area contributed by atoms with Crippen molar-refractivity contribution in [3.8, 4) is 5.75 Å². The lowest BCUT2D eigenvalue weighted by Gasteiger charge is -2.15. The molecule has 0 saturated carbocycles. The summed E-state index contributed by atoms with van der Waals surface area (Å²) in [6, 6.07) is 12.9. The molecule has 1 aliphatic rings. The first-order chi connectivity index (χ1) is 15.8. The predicted octanol–water partition coefficient (Wildman–Crippen LogP) is 2.95. The molecule has 1 aliphatic heterocycles. The molecule has 1 heterocycles. The Bertz CT molecular complexity index is 1050. The van der Waals surface area contributed by atoms with Crippen LogP contribution in [0.4, 0.5) is 5.69 Å². The van der Waals surface area contributed by atoms with E-state index in [9.17, 15) is 18.0 Å². The highest BCUT2D eigenvalue weighted by atomic mass is 32.2. The minimum absolute atomic E-state index is 0.132. The Kier molecular flexibility index (Phi) is 8.46. The van der Waals surface area contributed by atoms with Crippen molar-refractivity contribution in [1.82, 2.24) is 9.62 Å². The molecule has 0 aromatic heterocycles. The zero-order chi connectivity index (χ0) is 23.8. The van der Waals surface area contributed by atoms with E-state index in [-0.39, 0.29) is 29.4 Å². The molecule has 9 heteroatoms. The summed E-state index contributed by atoms with van der Waals surface area (Å²) in [5, 5.41) is 2.75. The second kappa shape index (κ2) is 11.3. The highest BCUT2D eigenvalue weighted by Gasteiger charge is 2.18. The number of sulfonamides is 1. The van der Waals surface area contributed by atoms with Crippen LogP contribution in [-0.2, 0) is 26.0 Å². The van der Waals surface area contributed by atoms with Gasteiger partial charge in [-0.1, -0.05) is 19.1 Å². The summed E-state index contributed by atoms with van der Waals surface area (Å²) in [5.41, 5.74) is 1.51. The van der Waals surface area contributed by atoms with Crippen molar-refractivity contribution in [2.45, 2.75) is 50.5 Å². The lowest BCUT2D eigenvalue weighted by Crippen LogP contribution is -2.31. The number of nitrogens with one attached hydrogen (secondary N) is 2. The molecular formula is C24H31N3O5S. The van der Waals surface area contributed by atoms with Crippen LogP contribution >= 0.6 is 0 Å². The summed E-state index contributed by atoms with van der Waals surface area (Å²) in [7, 11) is -3.59. The second-order valence-corrected chi connectivity index (χ2v) is 9.91. The van der Waals surface area contributed by atoms with Crippen molar-refractivity contribution >= 4 is 27.5 Å². The van der Waals surface area contributed by atoms with Crippen molar-refractivity contribution in [3.63, 3.8) is 0 Å². The maximum atomic E-state index is 12.3. The Morgan fingerprint density at radius 3 is 2.27 bits per heavy atom. The molecule has 178 valence electrons. The van der Waals surface area contributed by atoms with Gasteiger partial charge in [0.15, 0.2) is 6.61 Å². The molecular weight excluding hydrogens is 442 g/mol. The Balaban J connectivity index is 1.46. The van der Waals surface area contributed by atoms with Crippen molar-refractivity contribution < 1.29 is 22.7 Å². The van der Waals surface area contributed by atoms with Crippen molar-refractivity contribution in [2.75, 3.05) is 25.0 Å². The molecule has 1 fully saturated rings. The van der Waals surface area contributed by atoms with Gasteiger partial charge in [0.2, 0.25) is 15.9 Å². The molecule has 0 aliphatic carbocycles. The minimum atomic E-state index is -3.59. The number of hydrogen-bond acceptors (Lipinski definition) is 5. The second-order valence-electron chi connectivity index (χ2n) is 8.20. The summed E-state index contributed by atoms with van der Waals surface area (Å²) < 4.78 is 32.6. The van der Waals surface area contributed by atoms with Gasteiger partial charge in [0.1, 0.15) is 5.75 Å². The van der Waals surface area contributed by atoms with Crippen molar-refractivity contribution in [3.05, 3.63) is 54.1 Å². The van der Waals surface area contributed by atoms with E-state index in [0.717, 1.165) is 31.5 Å². The van der Waals surface area contributed by atoms with E-state index in [0.29, 0.717) is 24.3 Å². The summed E-state index contributed by atoms with van der Waals surface area (Å²) in [5.74, 6) is 0.182. The average Bonchev–Trinajstić information content (AvgIpc) is 3.34. The van der Waals surface area contributed by atoms with E-state index < -0.39 is 10.0 Å². The zero-order valence-electron chi connectivity index (χ0n) is 19.0. The third kappa shape index (κ3) is 7.30. The van der Waals surface area contributed by atoms with E-state index in [1.54, 1.807) is 19.1 Å². The average molecular weight is 474 g/mol. The molecule has 2 aromatic carbocycles. The SMILES string of the molecule is CC[C@@H](C)NS(=O)(=O)c1ccc(OCC(=O)Nc2ccc(CC(=O)N3CCCC3)cc2)cc1. The first-order valence-electron chi connectivity index (χ1n) is 11.2. The normalized spacial score (nSPS) is 14.7. The van der Waals surface area contributed by atoms with Crippen molar-refractivity contribution in [1.29, 1.82) is 0 Å². The number of carbonyl (C=O) groups excluding carboxylic acids is 2. The highest BCUT2D eigenvalue weighted by molar-refractivity contribution is 7.89. The van der Waals surface area contributed by atoms with Gasteiger partial charge >= 0.3 is 0 Å². The van der Waals surface area contributed by atoms with Crippen LogP contribution in [0.1, 0.15) is 38.7 Å². The number of anilines is 1. The standard InChI is InChI=1S/C24H31N3O5S/c1-3-18(2)26-33(30,31)22-12-10-21(11-13-22)32-17-23(28)25-20-8-6-19(7-9-20)16-24(29)27-14-4-5-15-27/h6-13,18,26H,3-5,14-17H2,1-2H3,(H,25,28)/t18-/m1/s1. The first-order valence-corrected chi connectivity index (χ1v) is 12.7. The lowest BCUT2D eigenvalue weighted by atomic mass is 10.1. The number of nitrogens with zero attached hydrogens (tertiary/aromatic N) is 1. The van der Waals surface area contributed by atoms with Crippen LogP contribution in [-0.4, -0.2) is 50.9 Å². The fourth-order valence-electron chi connectivity index (χ4n) is 3.44. The quantitative estimate of drug-likeness (QED) is 0.552. The number of rotatable bonds is 10. The summed E-state index contributed by atoms with van der Waals surface area (Å²) in [6.45, 7) is 5.16. The van der Waals surface area contributed by atoms with Crippen LogP contribution in [0.25, 0.3) is 0 Å². The van der Waals surface area contributed by atoms with Crippen molar-refractivity contribution in [2.24, 2.45) is 0 Å². The van der Waals surface area contributed by atoms with Crippen LogP contribution in [0.5, 0.6) is 5.75 Å². The van der Waals surface area contributed by atoms with Gasteiger partial charge < -0.3 is 15.0 Å². The molecule has 33 heavy (non-hydrogen) atoms. The van der Waals surface area contributed by atoms with Gasteiger partial charge in [-0.25, -0.2) is 13.1 Å². The zero-order valence-corrected chi connectivity index (χ0v) is 19.9. The fourth-order valence-corrected chi connectivity index (χ4v) is 4.76. The summed E-state index contributed by atoms with van der Waals surface area (Å²) in [4.78, 5) is 26.5. The molecule has 1 saturated heterocycles. The van der Waals surface area contributed by atoms with E-state index in [1.807, 2.05) is 24.0 Å². The molecule has 0 unspecified atom stereocenters. The Labute approximate surface area is 195 Å². The maximum Gasteiger partial charge on any atom is 0.262 e. The number of amides is 2. The van der Waals surface area contributed by atoms with Gasteiger partial charge in [-0.2, -0.15) is 0 Å². The Morgan fingerprint density at radius 1 is 1.03 bits per heavy atom. The van der Waals surface area contributed by atoms with Crippen LogP contribution in [0.2, 0.25) is 0 Å². The third-order valence-electron chi connectivity index (χ3n) is 5.52. The number of ether oxygens (including phenoxy) is 1. The van der Waals surface area contributed by atoms with Gasteiger partial charge in [0.05, 0.1) is 11.3 Å². The van der Waals surface area contributed by atoms with Gasteiger partial charge in [-0.05, 0) is 68.1 Å². The van der Waals surface area contributed by atoms with Gasteiger partial charge in [-0.3, -0.25) is 9.59 Å². The molecule has 0 spiro atoms. The summed E-state index contributed by atoms with van der Waals surface area (Å²) >= 11 is 0. The van der Waals surface area contributed by atoms with Crippen LogP contribution in [0, 0.1) is 0 Å². The van der Waals surface area contributed by atoms with E-state index in [2.05, 4.69) is 10.0 Å².